The van der Waals surface area contributed by atoms with Gasteiger partial charge in [-0.15, -0.1) is 0 Å². The molecule has 0 saturated carbocycles. The van der Waals surface area contributed by atoms with Crippen LogP contribution < -0.4 is 5.32 Å². The molecule has 1 N–H and O–H groups in total. The van der Waals surface area contributed by atoms with E-state index < -0.39 is 13.0 Å². The van der Waals surface area contributed by atoms with Crippen LogP contribution in [0.15, 0.2) is 0 Å². The van der Waals surface area contributed by atoms with Gasteiger partial charge >= 0.3 is 0 Å². The molecule has 15 heavy (non-hydrogen) atoms. The molecule has 0 radical (unpaired) electrons. The minimum atomic E-state index is -2.35. The van der Waals surface area contributed by atoms with E-state index in [0.29, 0.717) is 19.2 Å². The Morgan fingerprint density at radius 1 is 1.27 bits per heavy atom. The van der Waals surface area contributed by atoms with Crippen LogP contribution in [0.3, 0.4) is 0 Å². The van der Waals surface area contributed by atoms with E-state index in [0.717, 1.165) is 6.42 Å². The van der Waals surface area contributed by atoms with E-state index in [1.54, 1.807) is 0 Å². The first-order chi connectivity index (χ1) is 7.16. The zero-order valence-electron chi connectivity index (χ0n) is 9.77. The first kappa shape index (κ1) is 14.8. The quantitative estimate of drug-likeness (QED) is 0.575. The Kier molecular flexibility index (Phi) is 10.2. The van der Waals surface area contributed by atoms with Gasteiger partial charge in [-0.05, 0) is 13.3 Å². The fourth-order valence-corrected chi connectivity index (χ4v) is 1.35. The van der Waals surface area contributed by atoms with Crippen LogP contribution in [0.25, 0.3) is 0 Å². The summed E-state index contributed by atoms with van der Waals surface area (Å²) in [7, 11) is 0. The fraction of sp³-hybridized carbons (Fsp3) is 1.00. The molecule has 0 rings (SSSR count). The average molecular weight is 223 g/mol. The van der Waals surface area contributed by atoms with Crippen molar-refractivity contribution in [2.75, 3.05) is 19.8 Å². The van der Waals surface area contributed by atoms with Crippen LogP contribution in [0.4, 0.5) is 8.78 Å². The van der Waals surface area contributed by atoms with Crippen LogP contribution in [-0.2, 0) is 4.74 Å². The van der Waals surface area contributed by atoms with Gasteiger partial charge in [0.1, 0.15) is 6.61 Å². The largest absolute Gasteiger partial charge is 0.374 e. The molecule has 0 aromatic carbocycles. The molecule has 4 heteroatoms. The van der Waals surface area contributed by atoms with Crippen molar-refractivity contribution in [3.8, 4) is 0 Å². The second kappa shape index (κ2) is 10.3. The number of ether oxygens (including phenoxy) is 1. The number of hydrogen-bond acceptors (Lipinski definition) is 2. The lowest BCUT2D eigenvalue weighted by atomic mass is 10.1. The molecule has 92 valence electrons. The summed E-state index contributed by atoms with van der Waals surface area (Å²) in [6.45, 7) is 4.85. The topological polar surface area (TPSA) is 21.3 Å². The van der Waals surface area contributed by atoms with Gasteiger partial charge in [-0.3, -0.25) is 0 Å². The lowest BCUT2D eigenvalue weighted by molar-refractivity contribution is 0.0182. The minimum Gasteiger partial charge on any atom is -0.374 e. The first-order valence-electron chi connectivity index (χ1n) is 5.76. The van der Waals surface area contributed by atoms with Crippen molar-refractivity contribution in [2.24, 2.45) is 0 Å². The highest BCUT2D eigenvalue weighted by molar-refractivity contribution is 4.60. The van der Waals surface area contributed by atoms with Crippen LogP contribution in [0.1, 0.15) is 39.5 Å². The smallest absolute Gasteiger partial charge is 0.261 e. The van der Waals surface area contributed by atoms with Crippen molar-refractivity contribution in [1.82, 2.24) is 5.32 Å². The summed E-state index contributed by atoms with van der Waals surface area (Å²) < 4.78 is 28.1. The zero-order chi connectivity index (χ0) is 11.5. The Balaban J connectivity index is 3.13. The summed E-state index contributed by atoms with van der Waals surface area (Å²) in [4.78, 5) is 0. The summed E-state index contributed by atoms with van der Waals surface area (Å²) in [6, 6.07) is 0.451. The van der Waals surface area contributed by atoms with Crippen molar-refractivity contribution in [3.05, 3.63) is 0 Å². The van der Waals surface area contributed by atoms with Crippen LogP contribution in [0.5, 0.6) is 0 Å². The Bertz CT molecular complexity index is 134. The molecule has 1 atom stereocenters. The first-order valence-corrected chi connectivity index (χ1v) is 5.76. The fourth-order valence-electron chi connectivity index (χ4n) is 1.35. The van der Waals surface area contributed by atoms with Crippen LogP contribution in [0.2, 0.25) is 0 Å². The van der Waals surface area contributed by atoms with Crippen molar-refractivity contribution < 1.29 is 13.5 Å². The molecular formula is C11H23F2NO. The van der Waals surface area contributed by atoms with E-state index in [1.807, 2.05) is 0 Å². The van der Waals surface area contributed by atoms with Gasteiger partial charge in [0.2, 0.25) is 0 Å². The molecule has 0 aliphatic rings. The third-order valence-corrected chi connectivity index (χ3v) is 2.22. The van der Waals surface area contributed by atoms with Crippen molar-refractivity contribution >= 4 is 0 Å². The van der Waals surface area contributed by atoms with Gasteiger partial charge in [0.15, 0.2) is 0 Å². The van der Waals surface area contributed by atoms with E-state index in [9.17, 15) is 8.78 Å². The maximum atomic E-state index is 11.7. The van der Waals surface area contributed by atoms with E-state index >= 15 is 0 Å². The average Bonchev–Trinajstić information content (AvgIpc) is 2.17. The number of nitrogens with one attached hydrogen (secondary N) is 1. The molecule has 0 aromatic rings. The summed E-state index contributed by atoms with van der Waals surface area (Å²) in [5, 5.41) is 3.25. The number of halogens is 2. The molecule has 0 spiro atoms. The highest BCUT2D eigenvalue weighted by atomic mass is 19.3. The van der Waals surface area contributed by atoms with Gasteiger partial charge in [0, 0.05) is 12.6 Å². The van der Waals surface area contributed by atoms with E-state index in [-0.39, 0.29) is 0 Å². The molecule has 0 fully saturated rings. The van der Waals surface area contributed by atoms with Crippen LogP contribution >= 0.6 is 0 Å². The van der Waals surface area contributed by atoms with Gasteiger partial charge in [0.25, 0.3) is 6.43 Å². The minimum absolute atomic E-state index is 0.364. The Morgan fingerprint density at radius 2 is 2.00 bits per heavy atom. The van der Waals surface area contributed by atoms with Crippen LogP contribution in [-0.4, -0.2) is 32.2 Å². The van der Waals surface area contributed by atoms with Gasteiger partial charge < -0.3 is 10.1 Å². The van der Waals surface area contributed by atoms with Crippen LogP contribution in [0, 0.1) is 0 Å². The summed E-state index contributed by atoms with van der Waals surface area (Å²) in [6.07, 6.45) is 2.50. The third-order valence-electron chi connectivity index (χ3n) is 2.22. The maximum Gasteiger partial charge on any atom is 0.261 e. The summed E-state index contributed by atoms with van der Waals surface area (Å²) >= 11 is 0. The summed E-state index contributed by atoms with van der Waals surface area (Å²) in [5.41, 5.74) is 0. The van der Waals surface area contributed by atoms with E-state index in [2.05, 4.69) is 19.2 Å². The van der Waals surface area contributed by atoms with Gasteiger partial charge in [-0.25, -0.2) is 8.78 Å². The molecule has 0 aliphatic carbocycles. The Morgan fingerprint density at radius 3 is 2.60 bits per heavy atom. The highest BCUT2D eigenvalue weighted by Crippen LogP contribution is 2.02. The van der Waals surface area contributed by atoms with Gasteiger partial charge in [-0.2, -0.15) is 0 Å². The monoisotopic (exact) mass is 223 g/mol. The second-order valence-electron chi connectivity index (χ2n) is 3.82. The number of rotatable bonds is 10. The molecular weight excluding hydrogens is 200 g/mol. The normalized spacial score (nSPS) is 13.4. The zero-order valence-corrected chi connectivity index (χ0v) is 9.77. The number of hydrogen-bond donors (Lipinski definition) is 1. The van der Waals surface area contributed by atoms with E-state index in [4.69, 9.17) is 4.74 Å². The third kappa shape index (κ3) is 11.7. The maximum absolute atomic E-state index is 11.7. The van der Waals surface area contributed by atoms with Crippen molar-refractivity contribution in [1.29, 1.82) is 0 Å². The molecule has 0 saturated heterocycles. The predicted molar refractivity (Wildman–Crippen MR) is 58.4 cm³/mol. The van der Waals surface area contributed by atoms with Gasteiger partial charge in [0.05, 0.1) is 6.61 Å². The molecule has 1 unspecified atom stereocenters. The van der Waals surface area contributed by atoms with E-state index in [1.165, 1.54) is 19.3 Å². The van der Waals surface area contributed by atoms with Gasteiger partial charge in [-0.1, -0.05) is 26.2 Å². The number of alkyl halides is 2. The molecule has 0 amide bonds. The molecule has 2 nitrogen and oxygen atoms in total. The predicted octanol–water partition coefficient (Wildman–Crippen LogP) is 2.83. The lowest BCUT2D eigenvalue weighted by Gasteiger charge is -2.13. The molecule has 0 aromatic heterocycles. The Labute approximate surface area is 91.4 Å². The molecule has 0 bridgehead atoms. The number of unbranched alkanes of at least 4 members (excludes halogenated alkanes) is 2. The molecule has 0 heterocycles. The van der Waals surface area contributed by atoms with Crippen molar-refractivity contribution in [2.45, 2.75) is 52.0 Å². The Hall–Kier alpha value is -0.220. The highest BCUT2D eigenvalue weighted by Gasteiger charge is 2.02. The SMILES string of the molecule is CCCCCC(C)NCCOCC(F)F. The molecule has 0 aliphatic heterocycles. The standard InChI is InChI=1S/C11H23F2NO/c1-3-4-5-6-10(2)14-7-8-15-9-11(12)13/h10-11,14H,3-9H2,1-2H3. The second-order valence-corrected chi connectivity index (χ2v) is 3.82. The lowest BCUT2D eigenvalue weighted by Crippen LogP contribution is -2.29. The van der Waals surface area contributed by atoms with Crippen molar-refractivity contribution in [3.63, 3.8) is 0 Å². The summed E-state index contributed by atoms with van der Waals surface area (Å²) in [5.74, 6) is 0.